The lowest BCUT2D eigenvalue weighted by molar-refractivity contribution is 0.378. The Bertz CT molecular complexity index is 571. The van der Waals surface area contributed by atoms with E-state index < -0.39 is 5.82 Å². The molecule has 0 bridgehead atoms. The highest BCUT2D eigenvalue weighted by molar-refractivity contribution is 7.71. The van der Waals surface area contributed by atoms with Gasteiger partial charge in [-0.1, -0.05) is 0 Å². The van der Waals surface area contributed by atoms with Crippen LogP contribution in [0, 0.1) is 10.6 Å². The van der Waals surface area contributed by atoms with Crippen molar-refractivity contribution in [3.63, 3.8) is 0 Å². The number of aromatic nitrogens is 4. The highest BCUT2D eigenvalue weighted by atomic mass is 32.1. The first-order valence-corrected chi connectivity index (χ1v) is 4.73. The molecule has 2 aromatic rings. The second kappa shape index (κ2) is 4.31. The van der Waals surface area contributed by atoms with Crippen molar-refractivity contribution in [2.45, 2.75) is 0 Å². The Morgan fingerprint density at radius 3 is 2.88 bits per heavy atom. The molecule has 7 heteroatoms. The Labute approximate surface area is 95.4 Å². The highest BCUT2D eigenvalue weighted by Gasteiger charge is 2.05. The number of nitrogens with zero attached hydrogens (tertiary/aromatic N) is 3. The minimum absolute atomic E-state index is 0.120. The largest absolute Gasteiger partial charge is 0.468 e. The van der Waals surface area contributed by atoms with E-state index in [0.29, 0.717) is 11.4 Å². The molecule has 0 saturated heterocycles. The van der Waals surface area contributed by atoms with Gasteiger partial charge in [0.05, 0.1) is 13.3 Å². The monoisotopic (exact) mass is 238 g/mol. The summed E-state index contributed by atoms with van der Waals surface area (Å²) < 4.78 is 18.0. The SMILES string of the molecule is COc1nc(=S)nc(-c2cncc(F)c2)[nH]1. The molecule has 0 spiro atoms. The third-order valence-electron chi connectivity index (χ3n) is 1.80. The molecule has 0 aliphatic heterocycles. The number of H-pyrrole nitrogens is 1. The summed E-state index contributed by atoms with van der Waals surface area (Å²) in [6.45, 7) is 0. The molecule has 5 nitrogen and oxygen atoms in total. The van der Waals surface area contributed by atoms with Gasteiger partial charge in [0.25, 0.3) is 6.01 Å². The molecule has 0 amide bonds. The maximum Gasteiger partial charge on any atom is 0.297 e. The number of hydrogen-bond acceptors (Lipinski definition) is 5. The van der Waals surface area contributed by atoms with E-state index >= 15 is 0 Å². The zero-order valence-electron chi connectivity index (χ0n) is 8.27. The van der Waals surface area contributed by atoms with Gasteiger partial charge in [-0.25, -0.2) is 9.37 Å². The van der Waals surface area contributed by atoms with E-state index in [9.17, 15) is 4.39 Å². The van der Waals surface area contributed by atoms with Crippen LogP contribution in [0.1, 0.15) is 0 Å². The second-order valence-electron chi connectivity index (χ2n) is 2.88. The van der Waals surface area contributed by atoms with Crippen LogP contribution in [0.3, 0.4) is 0 Å². The van der Waals surface area contributed by atoms with Crippen LogP contribution in [0.2, 0.25) is 0 Å². The van der Waals surface area contributed by atoms with Crippen LogP contribution >= 0.6 is 12.2 Å². The van der Waals surface area contributed by atoms with Crippen molar-refractivity contribution < 1.29 is 9.13 Å². The minimum Gasteiger partial charge on any atom is -0.468 e. The molecule has 0 atom stereocenters. The van der Waals surface area contributed by atoms with E-state index in [2.05, 4.69) is 19.9 Å². The minimum atomic E-state index is -0.450. The number of methoxy groups -OCH3 is 1. The molecule has 0 aliphatic rings. The van der Waals surface area contributed by atoms with Gasteiger partial charge in [-0.3, -0.25) is 9.97 Å². The fourth-order valence-corrected chi connectivity index (χ4v) is 1.31. The van der Waals surface area contributed by atoms with Crippen LogP contribution in [-0.4, -0.2) is 27.0 Å². The number of nitrogens with one attached hydrogen (secondary N) is 1. The summed E-state index contributed by atoms with van der Waals surface area (Å²) in [6, 6.07) is 1.51. The Morgan fingerprint density at radius 1 is 1.38 bits per heavy atom. The smallest absolute Gasteiger partial charge is 0.297 e. The number of pyridine rings is 1. The molecule has 0 unspecified atom stereocenters. The van der Waals surface area contributed by atoms with Gasteiger partial charge < -0.3 is 4.74 Å². The van der Waals surface area contributed by atoms with Gasteiger partial charge in [-0.05, 0) is 18.3 Å². The second-order valence-corrected chi connectivity index (χ2v) is 3.25. The Morgan fingerprint density at radius 2 is 2.19 bits per heavy atom. The maximum atomic E-state index is 13.0. The van der Waals surface area contributed by atoms with Gasteiger partial charge >= 0.3 is 0 Å². The summed E-state index contributed by atoms with van der Waals surface area (Å²) in [4.78, 5) is 14.2. The number of rotatable bonds is 2. The molecule has 82 valence electrons. The number of ether oxygens (including phenoxy) is 1. The molecule has 0 aliphatic carbocycles. The van der Waals surface area contributed by atoms with E-state index in [1.807, 2.05) is 0 Å². The molecule has 0 radical (unpaired) electrons. The average molecular weight is 238 g/mol. The van der Waals surface area contributed by atoms with Crippen molar-refractivity contribution in [2.75, 3.05) is 7.11 Å². The number of aromatic amines is 1. The topological polar surface area (TPSA) is 63.7 Å². The number of halogens is 1. The summed E-state index contributed by atoms with van der Waals surface area (Å²) in [5.74, 6) is -0.0850. The normalized spacial score (nSPS) is 10.1. The fraction of sp³-hybridized carbons (Fsp3) is 0.111. The molecule has 0 fully saturated rings. The zero-order valence-corrected chi connectivity index (χ0v) is 9.08. The highest BCUT2D eigenvalue weighted by Crippen LogP contribution is 2.15. The van der Waals surface area contributed by atoms with Crippen LogP contribution in [0.15, 0.2) is 18.5 Å². The van der Waals surface area contributed by atoms with E-state index in [-0.39, 0.29) is 10.8 Å². The zero-order chi connectivity index (χ0) is 11.5. The molecule has 2 rings (SSSR count). The first kappa shape index (κ1) is 10.6. The van der Waals surface area contributed by atoms with Gasteiger partial charge in [0.2, 0.25) is 4.77 Å². The lowest BCUT2D eigenvalue weighted by Crippen LogP contribution is -1.98. The van der Waals surface area contributed by atoms with Gasteiger partial charge in [0.15, 0.2) is 0 Å². The summed E-state index contributed by atoms with van der Waals surface area (Å²) >= 11 is 4.85. The van der Waals surface area contributed by atoms with E-state index in [1.54, 1.807) is 0 Å². The Kier molecular flexibility index (Phi) is 2.86. The van der Waals surface area contributed by atoms with Crippen LogP contribution in [0.25, 0.3) is 11.4 Å². The van der Waals surface area contributed by atoms with Crippen LogP contribution in [0.5, 0.6) is 6.01 Å². The average Bonchev–Trinajstić information content (AvgIpc) is 2.28. The van der Waals surface area contributed by atoms with Gasteiger partial charge in [0.1, 0.15) is 11.6 Å². The standard InChI is InChI=1S/C9H7FN4OS/c1-15-8-12-7(13-9(16)14-8)5-2-6(10)4-11-3-5/h2-4H,1H3,(H,12,13,14,16). The molecule has 1 N–H and O–H groups in total. The van der Waals surface area contributed by atoms with Gasteiger partial charge in [-0.2, -0.15) is 4.98 Å². The summed E-state index contributed by atoms with van der Waals surface area (Å²) in [5, 5.41) is 0. The van der Waals surface area contributed by atoms with E-state index in [0.717, 1.165) is 6.20 Å². The van der Waals surface area contributed by atoms with E-state index in [1.165, 1.54) is 19.4 Å². The third kappa shape index (κ3) is 2.19. The predicted molar refractivity (Wildman–Crippen MR) is 57.0 cm³/mol. The molecule has 2 heterocycles. The third-order valence-corrected chi connectivity index (χ3v) is 1.98. The quantitative estimate of drug-likeness (QED) is 0.807. The maximum absolute atomic E-state index is 13.0. The lowest BCUT2D eigenvalue weighted by Gasteiger charge is -2.03. The molecule has 2 aromatic heterocycles. The molecular formula is C9H7FN4OS. The van der Waals surface area contributed by atoms with Gasteiger partial charge in [-0.15, -0.1) is 0 Å². The predicted octanol–water partition coefficient (Wildman–Crippen LogP) is 1.74. The summed E-state index contributed by atoms with van der Waals surface area (Å²) in [6.07, 6.45) is 2.58. The van der Waals surface area contributed by atoms with Crippen molar-refractivity contribution in [3.8, 4) is 17.4 Å². The number of hydrogen-bond donors (Lipinski definition) is 1. The first-order chi connectivity index (χ1) is 7.69. The fourth-order valence-electron chi connectivity index (χ4n) is 1.14. The molecule has 0 saturated carbocycles. The Balaban J connectivity index is 2.55. The van der Waals surface area contributed by atoms with Crippen molar-refractivity contribution in [1.29, 1.82) is 0 Å². The molecule has 16 heavy (non-hydrogen) atoms. The first-order valence-electron chi connectivity index (χ1n) is 4.32. The van der Waals surface area contributed by atoms with Crippen LogP contribution < -0.4 is 4.74 Å². The lowest BCUT2D eigenvalue weighted by atomic mass is 10.3. The molecular weight excluding hydrogens is 231 g/mol. The van der Waals surface area contributed by atoms with Crippen LogP contribution in [0.4, 0.5) is 4.39 Å². The summed E-state index contributed by atoms with van der Waals surface area (Å²) in [7, 11) is 1.45. The van der Waals surface area contributed by atoms with Gasteiger partial charge in [0, 0.05) is 11.8 Å². The Hall–Kier alpha value is -1.89. The van der Waals surface area contributed by atoms with Crippen molar-refractivity contribution >= 4 is 12.2 Å². The summed E-state index contributed by atoms with van der Waals surface area (Å²) in [5.41, 5.74) is 0.479. The molecule has 0 aromatic carbocycles. The van der Waals surface area contributed by atoms with Crippen molar-refractivity contribution in [3.05, 3.63) is 29.0 Å². The van der Waals surface area contributed by atoms with Crippen LogP contribution in [-0.2, 0) is 0 Å². The van der Waals surface area contributed by atoms with Crippen molar-refractivity contribution in [2.24, 2.45) is 0 Å². The van der Waals surface area contributed by atoms with Crippen molar-refractivity contribution in [1.82, 2.24) is 19.9 Å². The van der Waals surface area contributed by atoms with E-state index in [4.69, 9.17) is 17.0 Å².